The number of nitrogens with one attached hydrogen (secondary N) is 1. The Morgan fingerprint density at radius 2 is 2.03 bits per heavy atom. The predicted octanol–water partition coefficient (Wildman–Crippen LogP) is 3.86. The van der Waals surface area contributed by atoms with Gasteiger partial charge in [-0.15, -0.1) is 10.2 Å². The molecule has 3 aromatic rings. The third-order valence-electron chi connectivity index (χ3n) is 4.31. The van der Waals surface area contributed by atoms with Crippen molar-refractivity contribution in [2.45, 2.75) is 50.8 Å². The Balaban J connectivity index is 1.68. The van der Waals surface area contributed by atoms with E-state index in [9.17, 15) is 4.79 Å². The topological polar surface area (TPSA) is 104 Å². The molecule has 0 aliphatic rings. The molecule has 0 radical (unpaired) electrons. The Labute approximate surface area is 179 Å². The van der Waals surface area contributed by atoms with E-state index in [-0.39, 0.29) is 12.0 Å². The van der Waals surface area contributed by atoms with E-state index < -0.39 is 5.25 Å². The van der Waals surface area contributed by atoms with Crippen LogP contribution in [0.25, 0.3) is 0 Å². The lowest BCUT2D eigenvalue weighted by Gasteiger charge is -2.16. The predicted molar refractivity (Wildman–Crippen MR) is 113 cm³/mol. The summed E-state index contributed by atoms with van der Waals surface area (Å²) in [5, 5.41) is 15.3. The molecule has 10 heteroatoms. The average molecular weight is 432 g/mol. The number of nitrogens with zero attached hydrogens (tertiary/aromatic N) is 4. The third kappa shape index (κ3) is 5.12. The summed E-state index contributed by atoms with van der Waals surface area (Å²) < 4.78 is 18.2. The van der Waals surface area contributed by atoms with Gasteiger partial charge in [-0.05, 0) is 39.8 Å². The van der Waals surface area contributed by atoms with Gasteiger partial charge in [-0.3, -0.25) is 4.79 Å². The first-order chi connectivity index (χ1) is 14.4. The van der Waals surface area contributed by atoms with Crippen molar-refractivity contribution in [2.75, 3.05) is 12.4 Å². The molecule has 1 amide bonds. The number of anilines is 1. The number of aryl methyl sites for hydroxylation is 1. The third-order valence-corrected chi connectivity index (χ3v) is 5.39. The summed E-state index contributed by atoms with van der Waals surface area (Å²) in [6.45, 7) is 8.12. The Morgan fingerprint density at radius 3 is 2.70 bits per heavy atom. The second-order valence-electron chi connectivity index (χ2n) is 6.60. The number of carbonyl (C=O) groups excluding carboxylic acids is 1. The van der Waals surface area contributed by atoms with Gasteiger partial charge in [0.1, 0.15) is 17.3 Å². The lowest BCUT2D eigenvalue weighted by Crippen LogP contribution is -2.23. The van der Waals surface area contributed by atoms with E-state index in [1.807, 2.05) is 42.7 Å². The van der Waals surface area contributed by atoms with E-state index in [0.717, 1.165) is 5.75 Å². The maximum absolute atomic E-state index is 12.5. The second kappa shape index (κ2) is 9.66. The highest BCUT2D eigenvalue weighted by Gasteiger charge is 2.23. The fourth-order valence-electron chi connectivity index (χ4n) is 2.78. The highest BCUT2D eigenvalue weighted by Crippen LogP contribution is 2.28. The van der Waals surface area contributed by atoms with Crippen molar-refractivity contribution in [3.8, 4) is 11.5 Å². The molecule has 0 bridgehead atoms. The molecular weight excluding hydrogens is 406 g/mol. The first-order valence-electron chi connectivity index (χ1n) is 9.55. The number of thioether (sulfide) groups is 1. The number of benzene rings is 1. The van der Waals surface area contributed by atoms with Crippen LogP contribution >= 0.6 is 11.8 Å². The van der Waals surface area contributed by atoms with Crippen molar-refractivity contribution >= 4 is 23.5 Å². The summed E-state index contributed by atoms with van der Waals surface area (Å²) >= 11 is 1.32. The van der Waals surface area contributed by atoms with Crippen molar-refractivity contribution in [1.29, 1.82) is 0 Å². The lowest BCUT2D eigenvalue weighted by atomic mass is 10.3. The minimum Gasteiger partial charge on any atom is -0.497 e. The van der Waals surface area contributed by atoms with Gasteiger partial charge in [0.25, 0.3) is 0 Å². The van der Waals surface area contributed by atoms with Crippen molar-refractivity contribution in [2.24, 2.45) is 0 Å². The van der Waals surface area contributed by atoms with E-state index in [1.165, 1.54) is 11.8 Å². The fraction of sp³-hybridized carbons (Fsp3) is 0.400. The quantitative estimate of drug-likeness (QED) is 0.509. The number of methoxy groups -OCH3 is 1. The van der Waals surface area contributed by atoms with Crippen LogP contribution in [0.5, 0.6) is 11.5 Å². The van der Waals surface area contributed by atoms with Crippen LogP contribution in [0.2, 0.25) is 0 Å². The van der Waals surface area contributed by atoms with Crippen LogP contribution in [0, 0.1) is 6.92 Å². The number of aromatic nitrogens is 4. The summed E-state index contributed by atoms with van der Waals surface area (Å²) in [6, 6.07) is 9.06. The number of amides is 1. The van der Waals surface area contributed by atoms with E-state index in [1.54, 1.807) is 27.0 Å². The first-order valence-corrected chi connectivity index (χ1v) is 10.4. The number of hydrogen-bond donors (Lipinski definition) is 1. The molecule has 30 heavy (non-hydrogen) atoms. The summed E-state index contributed by atoms with van der Waals surface area (Å²) in [5.41, 5.74) is 0. The van der Waals surface area contributed by atoms with Gasteiger partial charge in [0.15, 0.2) is 22.9 Å². The molecule has 2 heterocycles. The summed E-state index contributed by atoms with van der Waals surface area (Å²) in [7, 11) is 1.61. The zero-order chi connectivity index (χ0) is 21.7. The van der Waals surface area contributed by atoms with Crippen molar-refractivity contribution < 1.29 is 18.8 Å². The molecule has 0 aliphatic carbocycles. The maximum atomic E-state index is 12.5. The van der Waals surface area contributed by atoms with Crippen LogP contribution in [0.1, 0.15) is 38.5 Å². The molecule has 1 N–H and O–H groups in total. The smallest absolute Gasteiger partial charge is 0.238 e. The van der Waals surface area contributed by atoms with Crippen LogP contribution < -0.4 is 14.8 Å². The van der Waals surface area contributed by atoms with E-state index in [0.29, 0.717) is 34.9 Å². The normalized spacial score (nSPS) is 13.0. The van der Waals surface area contributed by atoms with Gasteiger partial charge in [0.2, 0.25) is 5.91 Å². The van der Waals surface area contributed by atoms with Crippen LogP contribution in [-0.4, -0.2) is 38.2 Å². The van der Waals surface area contributed by atoms with Crippen molar-refractivity contribution in [3.05, 3.63) is 41.9 Å². The van der Waals surface area contributed by atoms with Gasteiger partial charge in [0, 0.05) is 18.7 Å². The number of hydrogen-bond acceptors (Lipinski definition) is 8. The van der Waals surface area contributed by atoms with E-state index in [2.05, 4.69) is 20.7 Å². The molecule has 9 nitrogen and oxygen atoms in total. The molecule has 160 valence electrons. The number of rotatable bonds is 9. The SMILES string of the molecule is CCn1c(SC(C)C(=O)Nc2cc(C)on2)nnc1C(C)Oc1cccc(OC)c1. The van der Waals surface area contributed by atoms with Gasteiger partial charge in [-0.1, -0.05) is 23.0 Å². The van der Waals surface area contributed by atoms with Crippen molar-refractivity contribution in [1.82, 2.24) is 19.9 Å². The van der Waals surface area contributed by atoms with Crippen LogP contribution in [0.3, 0.4) is 0 Å². The summed E-state index contributed by atoms with van der Waals surface area (Å²) in [4.78, 5) is 12.5. The minimum atomic E-state index is -0.404. The standard InChI is InChI=1S/C20H25N5O4S/c1-6-25-18(13(3)28-16-9-7-8-15(11-16)27-5)22-23-20(25)30-14(4)19(26)21-17-10-12(2)29-24-17/h7-11,13-14H,6H2,1-5H3,(H,21,24,26). The first kappa shape index (κ1) is 21.7. The van der Waals surface area contributed by atoms with Gasteiger partial charge in [0.05, 0.1) is 12.4 Å². The van der Waals surface area contributed by atoms with Gasteiger partial charge in [-0.2, -0.15) is 0 Å². The molecule has 3 rings (SSSR count). The molecular formula is C20H25N5O4S. The lowest BCUT2D eigenvalue weighted by molar-refractivity contribution is -0.115. The fourth-order valence-corrected chi connectivity index (χ4v) is 3.70. The van der Waals surface area contributed by atoms with Crippen LogP contribution in [0.15, 0.2) is 40.0 Å². The summed E-state index contributed by atoms with van der Waals surface area (Å²) in [5.74, 6) is 2.91. The monoisotopic (exact) mass is 431 g/mol. The molecule has 0 saturated carbocycles. The molecule has 0 aliphatic heterocycles. The Hall–Kier alpha value is -3.01. The highest BCUT2D eigenvalue weighted by atomic mass is 32.2. The number of carbonyl (C=O) groups is 1. The number of ether oxygens (including phenoxy) is 2. The largest absolute Gasteiger partial charge is 0.497 e. The summed E-state index contributed by atoms with van der Waals surface area (Å²) in [6.07, 6.45) is -0.332. The Morgan fingerprint density at radius 1 is 1.27 bits per heavy atom. The maximum Gasteiger partial charge on any atom is 0.238 e. The Bertz CT molecular complexity index is 1000. The molecule has 2 atom stereocenters. The van der Waals surface area contributed by atoms with Gasteiger partial charge >= 0.3 is 0 Å². The van der Waals surface area contributed by atoms with Crippen molar-refractivity contribution in [3.63, 3.8) is 0 Å². The molecule has 1 aromatic carbocycles. The van der Waals surface area contributed by atoms with Gasteiger partial charge in [-0.25, -0.2) is 0 Å². The second-order valence-corrected chi connectivity index (χ2v) is 7.90. The Kier molecular flexibility index (Phi) is 6.99. The highest BCUT2D eigenvalue weighted by molar-refractivity contribution is 8.00. The van der Waals surface area contributed by atoms with E-state index in [4.69, 9.17) is 14.0 Å². The molecule has 0 saturated heterocycles. The molecule has 2 aromatic heterocycles. The minimum absolute atomic E-state index is 0.193. The van der Waals surface area contributed by atoms with Crippen LogP contribution in [0.4, 0.5) is 5.82 Å². The average Bonchev–Trinajstić information content (AvgIpc) is 3.33. The molecule has 2 unspecified atom stereocenters. The van der Waals surface area contributed by atoms with Crippen LogP contribution in [-0.2, 0) is 11.3 Å². The van der Waals surface area contributed by atoms with Gasteiger partial charge < -0.3 is 23.9 Å². The van der Waals surface area contributed by atoms with E-state index >= 15 is 0 Å². The molecule has 0 fully saturated rings. The molecule has 0 spiro atoms. The zero-order valence-electron chi connectivity index (χ0n) is 17.6. The zero-order valence-corrected chi connectivity index (χ0v) is 18.4.